The normalized spacial score (nSPS) is 16.7. The van der Waals surface area contributed by atoms with Gasteiger partial charge in [-0.25, -0.2) is 4.98 Å². The molecule has 1 fully saturated rings. The largest absolute Gasteiger partial charge is 0.457 e. The van der Waals surface area contributed by atoms with E-state index in [2.05, 4.69) is 70.9 Å². The van der Waals surface area contributed by atoms with Crippen molar-refractivity contribution in [1.82, 2.24) is 19.9 Å². The van der Waals surface area contributed by atoms with Crippen LogP contribution < -0.4 is 15.0 Å². The van der Waals surface area contributed by atoms with E-state index in [0.717, 1.165) is 45.6 Å². The van der Waals surface area contributed by atoms with Crippen molar-refractivity contribution >= 4 is 23.0 Å². The third kappa shape index (κ3) is 4.73. The molecule has 200 valence electrons. The zero-order valence-electron chi connectivity index (χ0n) is 23.0. The van der Waals surface area contributed by atoms with Crippen LogP contribution in [0, 0.1) is 27.7 Å². The first-order valence-corrected chi connectivity index (χ1v) is 13.8. The SMILES string of the molecule is Cc1ccnc(-n2c(C)cc(C3C(c4ccccn4)NC(=S)N3c3ccc(Oc4ccccc4C)cc3)c2C)c1. The molecule has 3 aromatic heterocycles. The monoisotopic (exact) mass is 545 g/mol. The zero-order valence-corrected chi connectivity index (χ0v) is 23.8. The summed E-state index contributed by atoms with van der Waals surface area (Å²) in [4.78, 5) is 11.6. The molecule has 1 aliphatic rings. The van der Waals surface area contributed by atoms with Gasteiger partial charge in [-0.3, -0.25) is 4.98 Å². The van der Waals surface area contributed by atoms with Gasteiger partial charge in [0.15, 0.2) is 5.11 Å². The van der Waals surface area contributed by atoms with Crippen LogP contribution in [0.5, 0.6) is 11.5 Å². The van der Waals surface area contributed by atoms with Crippen LogP contribution in [0.1, 0.15) is 45.9 Å². The number of nitrogens with zero attached hydrogens (tertiary/aromatic N) is 4. The molecule has 0 spiro atoms. The van der Waals surface area contributed by atoms with Crippen LogP contribution in [0.4, 0.5) is 5.69 Å². The molecule has 1 aliphatic heterocycles. The minimum Gasteiger partial charge on any atom is -0.457 e. The van der Waals surface area contributed by atoms with Gasteiger partial charge < -0.3 is 19.5 Å². The molecule has 2 aromatic carbocycles. The van der Waals surface area contributed by atoms with Gasteiger partial charge in [0, 0.05) is 29.5 Å². The summed E-state index contributed by atoms with van der Waals surface area (Å²) in [6.45, 7) is 8.41. The first-order chi connectivity index (χ1) is 19.4. The molecular formula is C33H31N5OS. The van der Waals surface area contributed by atoms with Crippen LogP contribution in [0.15, 0.2) is 97.3 Å². The first kappa shape index (κ1) is 25.8. The number of thiocarbonyl (C=S) groups is 1. The molecule has 1 N–H and O–H groups in total. The van der Waals surface area contributed by atoms with Crippen molar-refractivity contribution < 1.29 is 4.74 Å². The van der Waals surface area contributed by atoms with Gasteiger partial charge in [0.05, 0.1) is 17.8 Å². The number of nitrogens with one attached hydrogen (secondary N) is 1. The van der Waals surface area contributed by atoms with E-state index in [4.69, 9.17) is 21.9 Å². The molecule has 1 saturated heterocycles. The summed E-state index contributed by atoms with van der Waals surface area (Å²) in [6, 6.07) is 28.3. The lowest BCUT2D eigenvalue weighted by Gasteiger charge is -2.28. The Kier molecular flexibility index (Phi) is 6.82. The fourth-order valence-electron chi connectivity index (χ4n) is 5.50. The van der Waals surface area contributed by atoms with E-state index in [9.17, 15) is 0 Å². The smallest absolute Gasteiger partial charge is 0.174 e. The number of anilines is 1. The van der Waals surface area contributed by atoms with E-state index in [1.54, 1.807) is 0 Å². The summed E-state index contributed by atoms with van der Waals surface area (Å²) >= 11 is 5.96. The molecule has 0 aliphatic carbocycles. The number of para-hydroxylation sites is 1. The molecule has 6 nitrogen and oxygen atoms in total. The molecule has 0 bridgehead atoms. The molecule has 4 heterocycles. The van der Waals surface area contributed by atoms with Gasteiger partial charge in [0.25, 0.3) is 0 Å². The molecule has 5 aromatic rings. The molecule has 0 radical (unpaired) electrons. The highest BCUT2D eigenvalue weighted by Gasteiger charge is 2.42. The highest BCUT2D eigenvalue weighted by Crippen LogP contribution is 2.44. The van der Waals surface area contributed by atoms with Crippen molar-refractivity contribution in [2.45, 2.75) is 39.8 Å². The number of ether oxygens (including phenoxy) is 1. The standard InChI is InChI=1S/C33H31N5OS/c1-21-16-18-35-30(19-21)37-23(3)20-27(24(37)4)32-31(28-10-7-8-17-34-28)36-33(40)38(32)25-12-14-26(15-13-25)39-29-11-6-5-9-22(29)2/h5-20,31-32H,1-4H3,(H,36,40). The number of pyridine rings is 2. The van der Waals surface area contributed by atoms with Crippen LogP contribution in [0.2, 0.25) is 0 Å². The zero-order chi connectivity index (χ0) is 27.8. The number of rotatable bonds is 6. The van der Waals surface area contributed by atoms with Crippen molar-refractivity contribution in [3.63, 3.8) is 0 Å². The lowest BCUT2D eigenvalue weighted by molar-refractivity contribution is 0.479. The Morgan fingerprint density at radius 2 is 1.60 bits per heavy atom. The Morgan fingerprint density at radius 3 is 2.33 bits per heavy atom. The van der Waals surface area contributed by atoms with E-state index >= 15 is 0 Å². The highest BCUT2D eigenvalue weighted by atomic mass is 32.1. The third-order valence-corrected chi connectivity index (χ3v) is 7.77. The average Bonchev–Trinajstić information content (AvgIpc) is 3.45. The Morgan fingerprint density at radius 1 is 0.825 bits per heavy atom. The predicted molar refractivity (Wildman–Crippen MR) is 163 cm³/mol. The van der Waals surface area contributed by atoms with E-state index in [1.165, 1.54) is 11.1 Å². The lowest BCUT2D eigenvalue weighted by Crippen LogP contribution is -2.29. The Hall–Kier alpha value is -4.49. The number of hydrogen-bond donors (Lipinski definition) is 1. The van der Waals surface area contributed by atoms with Gasteiger partial charge in [0.2, 0.25) is 0 Å². The van der Waals surface area contributed by atoms with Crippen LogP contribution in [-0.4, -0.2) is 19.6 Å². The van der Waals surface area contributed by atoms with E-state index < -0.39 is 0 Å². The summed E-state index contributed by atoms with van der Waals surface area (Å²) in [5, 5.41) is 4.23. The average molecular weight is 546 g/mol. The van der Waals surface area contributed by atoms with E-state index in [0.29, 0.717) is 5.11 Å². The van der Waals surface area contributed by atoms with Gasteiger partial charge in [-0.15, -0.1) is 0 Å². The summed E-state index contributed by atoms with van der Waals surface area (Å²) < 4.78 is 8.38. The van der Waals surface area contributed by atoms with Crippen molar-refractivity contribution in [1.29, 1.82) is 0 Å². The second-order valence-corrected chi connectivity index (χ2v) is 10.6. The maximum Gasteiger partial charge on any atom is 0.174 e. The summed E-state index contributed by atoms with van der Waals surface area (Å²) in [5.41, 5.74) is 7.59. The highest BCUT2D eigenvalue weighted by molar-refractivity contribution is 7.80. The van der Waals surface area contributed by atoms with Gasteiger partial charge in [-0.1, -0.05) is 24.3 Å². The topological polar surface area (TPSA) is 55.2 Å². The van der Waals surface area contributed by atoms with Crippen LogP contribution in [-0.2, 0) is 0 Å². The molecule has 7 heteroatoms. The number of aromatic nitrogens is 3. The molecular weight excluding hydrogens is 514 g/mol. The first-order valence-electron chi connectivity index (χ1n) is 13.4. The summed E-state index contributed by atoms with van der Waals surface area (Å²) in [5.74, 6) is 2.53. The fraction of sp³-hybridized carbons (Fsp3) is 0.182. The summed E-state index contributed by atoms with van der Waals surface area (Å²) in [6.07, 6.45) is 3.69. The Balaban J connectivity index is 1.42. The minimum absolute atomic E-state index is 0.115. The van der Waals surface area contributed by atoms with Crippen LogP contribution >= 0.6 is 12.2 Å². The number of aryl methyl sites for hydroxylation is 3. The van der Waals surface area contributed by atoms with Crippen molar-refractivity contribution in [3.05, 3.63) is 131 Å². The quantitative estimate of drug-likeness (QED) is 0.223. The fourth-order valence-corrected chi connectivity index (χ4v) is 5.85. The maximum absolute atomic E-state index is 6.17. The Bertz CT molecular complexity index is 1680. The second-order valence-electron chi connectivity index (χ2n) is 10.2. The van der Waals surface area contributed by atoms with Crippen molar-refractivity contribution in [2.75, 3.05) is 4.90 Å². The summed E-state index contributed by atoms with van der Waals surface area (Å²) in [7, 11) is 0. The molecule has 0 amide bonds. The van der Waals surface area contributed by atoms with Gasteiger partial charge >= 0.3 is 0 Å². The van der Waals surface area contributed by atoms with Crippen LogP contribution in [0.25, 0.3) is 5.82 Å². The molecule has 2 unspecified atom stereocenters. The van der Waals surface area contributed by atoms with Crippen molar-refractivity contribution in [2.24, 2.45) is 0 Å². The van der Waals surface area contributed by atoms with Gasteiger partial charge in [0.1, 0.15) is 17.3 Å². The maximum atomic E-state index is 6.17. The predicted octanol–water partition coefficient (Wildman–Crippen LogP) is 7.47. The van der Waals surface area contributed by atoms with Crippen molar-refractivity contribution in [3.8, 4) is 17.3 Å². The number of benzene rings is 2. The van der Waals surface area contributed by atoms with E-state index in [1.807, 2.05) is 73.9 Å². The molecule has 40 heavy (non-hydrogen) atoms. The Labute approximate surface area is 240 Å². The molecule has 0 saturated carbocycles. The third-order valence-electron chi connectivity index (χ3n) is 7.45. The molecule has 2 atom stereocenters. The van der Waals surface area contributed by atoms with Gasteiger partial charge in [-0.05, 0) is 117 Å². The molecule has 6 rings (SSSR count). The second kappa shape index (κ2) is 10.6. The van der Waals surface area contributed by atoms with Crippen LogP contribution in [0.3, 0.4) is 0 Å². The van der Waals surface area contributed by atoms with E-state index in [-0.39, 0.29) is 12.1 Å². The number of hydrogen-bond acceptors (Lipinski definition) is 4. The lowest BCUT2D eigenvalue weighted by atomic mass is 9.96. The minimum atomic E-state index is -0.129. The van der Waals surface area contributed by atoms with Gasteiger partial charge in [-0.2, -0.15) is 0 Å².